The number of oxazole rings is 1. The predicted octanol–water partition coefficient (Wildman–Crippen LogP) is 1.91. The lowest BCUT2D eigenvalue weighted by Crippen LogP contribution is -2.27. The van der Waals surface area contributed by atoms with E-state index in [1.807, 2.05) is 6.92 Å². The van der Waals surface area contributed by atoms with Crippen LogP contribution in [0.3, 0.4) is 0 Å². The Hall–Kier alpha value is -1.73. The van der Waals surface area contributed by atoms with Crippen molar-refractivity contribution in [3.05, 3.63) is 17.4 Å². The van der Waals surface area contributed by atoms with Crippen LogP contribution in [-0.4, -0.2) is 27.8 Å². The van der Waals surface area contributed by atoms with E-state index in [0.717, 1.165) is 18.5 Å². The number of ether oxygens (including phenoxy) is 1. The summed E-state index contributed by atoms with van der Waals surface area (Å²) in [4.78, 5) is 8.43. The molecule has 2 aromatic rings. The van der Waals surface area contributed by atoms with Crippen molar-refractivity contribution < 1.29 is 13.7 Å². The summed E-state index contributed by atoms with van der Waals surface area (Å²) < 4.78 is 16.3. The average molecular weight is 278 g/mol. The third-order valence-electron chi connectivity index (χ3n) is 3.43. The molecule has 7 nitrogen and oxygen atoms in total. The fourth-order valence-electron chi connectivity index (χ4n) is 2.06. The summed E-state index contributed by atoms with van der Waals surface area (Å²) in [5.74, 6) is 1.79. The summed E-state index contributed by atoms with van der Waals surface area (Å²) >= 11 is 0. The van der Waals surface area contributed by atoms with Gasteiger partial charge in [-0.15, -0.1) is 0 Å². The van der Waals surface area contributed by atoms with Crippen molar-refractivity contribution in [2.45, 2.75) is 45.3 Å². The fourth-order valence-corrected chi connectivity index (χ4v) is 2.06. The first-order valence-corrected chi connectivity index (χ1v) is 6.78. The molecule has 1 aliphatic rings. The van der Waals surface area contributed by atoms with E-state index in [-0.39, 0.29) is 0 Å². The zero-order chi connectivity index (χ0) is 14.1. The SMILES string of the molecule is Cc1nc(C)c(-c2nc(C(N)COC3CCC3)no2)o1. The van der Waals surface area contributed by atoms with Crippen molar-refractivity contribution in [1.82, 2.24) is 15.1 Å². The molecule has 0 radical (unpaired) electrons. The van der Waals surface area contributed by atoms with Gasteiger partial charge in [0.2, 0.25) is 5.76 Å². The van der Waals surface area contributed by atoms with Gasteiger partial charge in [0.15, 0.2) is 11.7 Å². The van der Waals surface area contributed by atoms with Crippen LogP contribution in [0.2, 0.25) is 0 Å². The Balaban J connectivity index is 1.67. The average Bonchev–Trinajstić information content (AvgIpc) is 2.93. The van der Waals surface area contributed by atoms with Gasteiger partial charge in [0.1, 0.15) is 0 Å². The van der Waals surface area contributed by atoms with Crippen molar-refractivity contribution in [1.29, 1.82) is 0 Å². The molecule has 2 N–H and O–H groups in total. The van der Waals surface area contributed by atoms with Gasteiger partial charge in [0.05, 0.1) is 24.4 Å². The van der Waals surface area contributed by atoms with E-state index in [1.165, 1.54) is 6.42 Å². The number of hydrogen-bond donors (Lipinski definition) is 1. The predicted molar refractivity (Wildman–Crippen MR) is 69.8 cm³/mol. The monoisotopic (exact) mass is 278 g/mol. The summed E-state index contributed by atoms with van der Waals surface area (Å²) in [7, 11) is 0. The van der Waals surface area contributed by atoms with Gasteiger partial charge in [-0.2, -0.15) is 4.98 Å². The Morgan fingerprint density at radius 2 is 2.15 bits per heavy atom. The quantitative estimate of drug-likeness (QED) is 0.891. The Kier molecular flexibility index (Phi) is 3.54. The van der Waals surface area contributed by atoms with Crippen LogP contribution < -0.4 is 5.73 Å². The lowest BCUT2D eigenvalue weighted by atomic mass is 9.96. The molecule has 0 saturated heterocycles. The van der Waals surface area contributed by atoms with E-state index in [2.05, 4.69) is 15.1 Å². The first kappa shape index (κ1) is 13.3. The largest absolute Gasteiger partial charge is 0.436 e. The van der Waals surface area contributed by atoms with Crippen molar-refractivity contribution in [3.63, 3.8) is 0 Å². The standard InChI is InChI=1S/C13H18N4O3/c1-7-11(19-8(2)15-7)13-16-12(17-20-13)10(14)6-18-9-4-3-5-9/h9-10H,3-6,14H2,1-2H3. The number of aromatic nitrogens is 3. The third kappa shape index (κ3) is 2.59. The molecule has 108 valence electrons. The van der Waals surface area contributed by atoms with E-state index in [0.29, 0.717) is 36.1 Å². The highest BCUT2D eigenvalue weighted by Gasteiger charge is 2.23. The molecule has 1 saturated carbocycles. The first-order chi connectivity index (χ1) is 9.63. The van der Waals surface area contributed by atoms with Crippen LogP contribution in [-0.2, 0) is 4.74 Å². The summed E-state index contributed by atoms with van der Waals surface area (Å²) in [5, 5.41) is 3.89. The molecule has 0 aromatic carbocycles. The van der Waals surface area contributed by atoms with Crippen LogP contribution in [0, 0.1) is 13.8 Å². The molecule has 0 spiro atoms. The molecule has 0 bridgehead atoms. The van der Waals surface area contributed by atoms with Gasteiger partial charge in [-0.25, -0.2) is 4.98 Å². The lowest BCUT2D eigenvalue weighted by molar-refractivity contribution is -0.00549. The number of aryl methyl sites for hydroxylation is 2. The maximum absolute atomic E-state index is 6.00. The Bertz CT molecular complexity index is 588. The van der Waals surface area contributed by atoms with Crippen molar-refractivity contribution >= 4 is 0 Å². The molecule has 20 heavy (non-hydrogen) atoms. The summed E-state index contributed by atoms with van der Waals surface area (Å²) in [5.41, 5.74) is 6.72. The highest BCUT2D eigenvalue weighted by atomic mass is 16.5. The van der Waals surface area contributed by atoms with Gasteiger partial charge in [-0.1, -0.05) is 5.16 Å². The molecule has 2 heterocycles. The van der Waals surface area contributed by atoms with Gasteiger partial charge in [-0.3, -0.25) is 0 Å². The number of hydrogen-bond acceptors (Lipinski definition) is 7. The molecular formula is C13H18N4O3. The molecule has 1 aliphatic carbocycles. The molecule has 0 amide bonds. The number of nitrogens with zero attached hydrogens (tertiary/aromatic N) is 3. The van der Waals surface area contributed by atoms with Crippen LogP contribution in [0.15, 0.2) is 8.94 Å². The third-order valence-corrected chi connectivity index (χ3v) is 3.43. The second-order valence-electron chi connectivity index (χ2n) is 5.10. The van der Waals surface area contributed by atoms with Gasteiger partial charge >= 0.3 is 0 Å². The van der Waals surface area contributed by atoms with E-state index < -0.39 is 6.04 Å². The summed E-state index contributed by atoms with van der Waals surface area (Å²) in [6.45, 7) is 4.00. The Labute approximate surface area is 116 Å². The molecule has 3 rings (SSSR count). The normalized spacial score (nSPS) is 17.1. The van der Waals surface area contributed by atoms with Crippen LogP contribution >= 0.6 is 0 Å². The van der Waals surface area contributed by atoms with E-state index >= 15 is 0 Å². The van der Waals surface area contributed by atoms with E-state index in [4.69, 9.17) is 19.4 Å². The van der Waals surface area contributed by atoms with Crippen molar-refractivity contribution in [2.24, 2.45) is 5.73 Å². The Morgan fingerprint density at radius 1 is 1.35 bits per heavy atom. The second kappa shape index (κ2) is 5.34. The lowest BCUT2D eigenvalue weighted by Gasteiger charge is -2.26. The maximum Gasteiger partial charge on any atom is 0.295 e. The molecule has 1 fully saturated rings. The van der Waals surface area contributed by atoms with Crippen molar-refractivity contribution in [3.8, 4) is 11.7 Å². The minimum absolute atomic E-state index is 0.303. The van der Waals surface area contributed by atoms with Crippen LogP contribution in [0.25, 0.3) is 11.7 Å². The molecule has 1 unspecified atom stereocenters. The van der Waals surface area contributed by atoms with Gasteiger partial charge < -0.3 is 19.4 Å². The van der Waals surface area contributed by atoms with Crippen LogP contribution in [0.1, 0.15) is 42.7 Å². The highest BCUT2D eigenvalue weighted by Crippen LogP contribution is 2.25. The minimum Gasteiger partial charge on any atom is -0.436 e. The topological polar surface area (TPSA) is 100 Å². The first-order valence-electron chi connectivity index (χ1n) is 6.78. The summed E-state index contributed by atoms with van der Waals surface area (Å²) in [6, 6.07) is -0.391. The number of nitrogens with two attached hydrogens (primary N) is 1. The maximum atomic E-state index is 6.00. The molecule has 7 heteroatoms. The zero-order valence-corrected chi connectivity index (χ0v) is 11.6. The molecule has 0 aliphatic heterocycles. The number of rotatable bonds is 5. The second-order valence-corrected chi connectivity index (χ2v) is 5.10. The summed E-state index contributed by atoms with van der Waals surface area (Å²) in [6.07, 6.45) is 3.80. The molecule has 2 aromatic heterocycles. The molecular weight excluding hydrogens is 260 g/mol. The van der Waals surface area contributed by atoms with Crippen molar-refractivity contribution in [2.75, 3.05) is 6.61 Å². The minimum atomic E-state index is -0.391. The zero-order valence-electron chi connectivity index (χ0n) is 11.6. The van der Waals surface area contributed by atoms with E-state index in [9.17, 15) is 0 Å². The van der Waals surface area contributed by atoms with E-state index in [1.54, 1.807) is 6.92 Å². The van der Waals surface area contributed by atoms with Gasteiger partial charge in [0, 0.05) is 6.92 Å². The van der Waals surface area contributed by atoms with Gasteiger partial charge in [0.25, 0.3) is 5.89 Å². The van der Waals surface area contributed by atoms with Gasteiger partial charge in [-0.05, 0) is 26.2 Å². The molecule has 1 atom stereocenters. The van der Waals surface area contributed by atoms with Crippen LogP contribution in [0.4, 0.5) is 0 Å². The Morgan fingerprint density at radius 3 is 2.75 bits per heavy atom. The highest BCUT2D eigenvalue weighted by molar-refractivity contribution is 5.47. The fraction of sp³-hybridized carbons (Fsp3) is 0.615. The smallest absolute Gasteiger partial charge is 0.295 e. The van der Waals surface area contributed by atoms with Crippen LogP contribution in [0.5, 0.6) is 0 Å².